The van der Waals surface area contributed by atoms with Crippen molar-refractivity contribution in [3.8, 4) is 0 Å². The number of benzene rings is 3. The van der Waals surface area contributed by atoms with Crippen LogP contribution in [-0.4, -0.2) is 33.9 Å². The third kappa shape index (κ3) is 4.56. The Morgan fingerprint density at radius 3 is 1.37 bits per heavy atom. The summed E-state index contributed by atoms with van der Waals surface area (Å²) in [6.07, 6.45) is 0. The van der Waals surface area contributed by atoms with E-state index in [2.05, 4.69) is 118 Å². The van der Waals surface area contributed by atoms with Crippen LogP contribution in [0.3, 0.4) is 0 Å². The minimum atomic E-state index is 0.962. The standard InChI is InChI=1S/C24H27N3/c1-18-6-12-21(13-7-18)25-24(19-8-14-22(15-9-19)26(2)3)20-10-16-23(17-11-20)27(4)5/h6-17H,1-5H3. The van der Waals surface area contributed by atoms with Crippen LogP contribution in [-0.2, 0) is 0 Å². The highest BCUT2D eigenvalue weighted by molar-refractivity contribution is 6.14. The Labute approximate surface area is 162 Å². The Kier molecular flexibility index (Phi) is 5.60. The fourth-order valence-corrected chi connectivity index (χ4v) is 2.88. The van der Waals surface area contributed by atoms with Gasteiger partial charge in [-0.3, -0.25) is 0 Å². The van der Waals surface area contributed by atoms with E-state index in [0.29, 0.717) is 0 Å². The van der Waals surface area contributed by atoms with Gasteiger partial charge in [-0.05, 0) is 43.3 Å². The van der Waals surface area contributed by atoms with E-state index < -0.39 is 0 Å². The topological polar surface area (TPSA) is 18.8 Å². The third-order valence-corrected chi connectivity index (χ3v) is 4.59. The van der Waals surface area contributed by atoms with E-state index in [-0.39, 0.29) is 0 Å². The summed E-state index contributed by atoms with van der Waals surface area (Å²) in [5, 5.41) is 0. The molecule has 0 N–H and O–H groups in total. The second kappa shape index (κ2) is 8.09. The zero-order chi connectivity index (χ0) is 19.4. The Morgan fingerprint density at radius 1 is 0.593 bits per heavy atom. The molecule has 0 spiro atoms. The first kappa shape index (κ1) is 18.7. The molecule has 0 amide bonds. The van der Waals surface area contributed by atoms with Crippen LogP contribution >= 0.6 is 0 Å². The monoisotopic (exact) mass is 357 g/mol. The van der Waals surface area contributed by atoms with Gasteiger partial charge in [-0.1, -0.05) is 42.0 Å². The molecule has 0 fully saturated rings. The molecule has 0 saturated heterocycles. The summed E-state index contributed by atoms with van der Waals surface area (Å²) in [5.41, 5.74) is 7.75. The molecule has 0 radical (unpaired) electrons. The predicted octanol–water partition coefficient (Wildman–Crippen LogP) is 5.30. The molecule has 0 aliphatic rings. The highest BCUT2D eigenvalue weighted by Crippen LogP contribution is 2.22. The van der Waals surface area contributed by atoms with Gasteiger partial charge in [0.1, 0.15) is 0 Å². The summed E-state index contributed by atoms with van der Waals surface area (Å²) >= 11 is 0. The molecule has 3 heteroatoms. The summed E-state index contributed by atoms with van der Waals surface area (Å²) in [6, 6.07) is 25.4. The summed E-state index contributed by atoms with van der Waals surface area (Å²) in [7, 11) is 8.21. The maximum atomic E-state index is 4.98. The summed E-state index contributed by atoms with van der Waals surface area (Å²) < 4.78 is 0. The number of aryl methyl sites for hydroxylation is 1. The molecule has 138 valence electrons. The number of anilines is 2. The van der Waals surface area contributed by atoms with Crippen molar-refractivity contribution in [3.63, 3.8) is 0 Å². The van der Waals surface area contributed by atoms with Gasteiger partial charge in [0, 0.05) is 50.7 Å². The first-order valence-corrected chi connectivity index (χ1v) is 9.15. The minimum Gasteiger partial charge on any atom is -0.378 e. The predicted molar refractivity (Wildman–Crippen MR) is 118 cm³/mol. The summed E-state index contributed by atoms with van der Waals surface area (Å²) in [5.74, 6) is 0. The lowest BCUT2D eigenvalue weighted by Gasteiger charge is -2.15. The van der Waals surface area contributed by atoms with Crippen LogP contribution in [0.5, 0.6) is 0 Å². The number of hydrogen-bond donors (Lipinski definition) is 0. The molecule has 0 aliphatic heterocycles. The van der Waals surface area contributed by atoms with Gasteiger partial charge in [0.2, 0.25) is 0 Å². The van der Waals surface area contributed by atoms with Gasteiger partial charge in [0.15, 0.2) is 0 Å². The molecule has 0 atom stereocenters. The lowest BCUT2D eigenvalue weighted by molar-refractivity contribution is 1.13. The van der Waals surface area contributed by atoms with Crippen molar-refractivity contribution in [2.75, 3.05) is 38.0 Å². The fourth-order valence-electron chi connectivity index (χ4n) is 2.88. The molecule has 0 heterocycles. The van der Waals surface area contributed by atoms with Crippen LogP contribution in [0.4, 0.5) is 17.1 Å². The molecule has 3 aromatic rings. The van der Waals surface area contributed by atoms with Gasteiger partial charge in [0.25, 0.3) is 0 Å². The van der Waals surface area contributed by atoms with Crippen LogP contribution in [0.2, 0.25) is 0 Å². The minimum absolute atomic E-state index is 0.962. The largest absolute Gasteiger partial charge is 0.378 e. The van der Waals surface area contributed by atoms with Crippen molar-refractivity contribution in [1.82, 2.24) is 0 Å². The first-order valence-electron chi connectivity index (χ1n) is 9.15. The molecule has 3 nitrogen and oxygen atoms in total. The number of aliphatic imine (C=N–C) groups is 1. The first-order chi connectivity index (χ1) is 12.9. The Bertz CT molecular complexity index is 850. The average Bonchev–Trinajstić information content (AvgIpc) is 2.68. The average molecular weight is 358 g/mol. The van der Waals surface area contributed by atoms with Gasteiger partial charge >= 0.3 is 0 Å². The molecular weight excluding hydrogens is 330 g/mol. The van der Waals surface area contributed by atoms with Crippen molar-refractivity contribution in [2.24, 2.45) is 4.99 Å². The fraction of sp³-hybridized carbons (Fsp3) is 0.208. The summed E-state index contributed by atoms with van der Waals surface area (Å²) in [4.78, 5) is 9.19. The smallest absolute Gasteiger partial charge is 0.0781 e. The molecule has 0 aromatic heterocycles. The van der Waals surface area contributed by atoms with E-state index in [4.69, 9.17) is 4.99 Å². The maximum Gasteiger partial charge on any atom is 0.0781 e. The van der Waals surface area contributed by atoms with Gasteiger partial charge < -0.3 is 9.80 Å². The van der Waals surface area contributed by atoms with E-state index in [1.54, 1.807) is 0 Å². The van der Waals surface area contributed by atoms with Gasteiger partial charge in [-0.25, -0.2) is 4.99 Å². The lowest BCUT2D eigenvalue weighted by atomic mass is 10.0. The molecule has 0 aliphatic carbocycles. The van der Waals surface area contributed by atoms with Gasteiger partial charge in [-0.2, -0.15) is 0 Å². The second-order valence-electron chi connectivity index (χ2n) is 7.18. The number of hydrogen-bond acceptors (Lipinski definition) is 3. The van der Waals surface area contributed by atoms with Gasteiger partial charge in [0.05, 0.1) is 11.4 Å². The molecule has 3 aromatic carbocycles. The van der Waals surface area contributed by atoms with E-state index in [1.165, 1.54) is 16.9 Å². The summed E-state index contributed by atoms with van der Waals surface area (Å²) in [6.45, 7) is 2.09. The van der Waals surface area contributed by atoms with Crippen LogP contribution in [0.15, 0.2) is 77.8 Å². The van der Waals surface area contributed by atoms with Gasteiger partial charge in [-0.15, -0.1) is 0 Å². The molecule has 27 heavy (non-hydrogen) atoms. The highest BCUT2D eigenvalue weighted by Gasteiger charge is 2.09. The van der Waals surface area contributed by atoms with Crippen LogP contribution in [0.25, 0.3) is 0 Å². The number of rotatable bonds is 5. The zero-order valence-electron chi connectivity index (χ0n) is 16.8. The van der Waals surface area contributed by atoms with Crippen molar-refractivity contribution in [2.45, 2.75) is 6.92 Å². The molecule has 0 bridgehead atoms. The van der Waals surface area contributed by atoms with E-state index in [9.17, 15) is 0 Å². The van der Waals surface area contributed by atoms with Crippen molar-refractivity contribution < 1.29 is 0 Å². The Morgan fingerprint density at radius 2 is 1.00 bits per heavy atom. The van der Waals surface area contributed by atoms with Crippen LogP contribution < -0.4 is 9.80 Å². The van der Waals surface area contributed by atoms with E-state index in [0.717, 1.165) is 22.5 Å². The number of nitrogens with zero attached hydrogens (tertiary/aromatic N) is 3. The molecule has 0 saturated carbocycles. The lowest BCUT2D eigenvalue weighted by Crippen LogP contribution is -2.10. The SMILES string of the molecule is Cc1ccc(N=C(c2ccc(N(C)C)cc2)c2ccc(N(C)C)cc2)cc1. The van der Waals surface area contributed by atoms with Crippen LogP contribution in [0.1, 0.15) is 16.7 Å². The van der Waals surface area contributed by atoms with Crippen molar-refractivity contribution in [3.05, 3.63) is 89.5 Å². The van der Waals surface area contributed by atoms with E-state index >= 15 is 0 Å². The second-order valence-corrected chi connectivity index (χ2v) is 7.18. The van der Waals surface area contributed by atoms with E-state index in [1.807, 2.05) is 0 Å². The molecular formula is C24H27N3. The molecule has 3 rings (SSSR count). The third-order valence-electron chi connectivity index (χ3n) is 4.59. The van der Waals surface area contributed by atoms with Crippen molar-refractivity contribution in [1.29, 1.82) is 0 Å². The zero-order valence-corrected chi connectivity index (χ0v) is 16.8. The van der Waals surface area contributed by atoms with Crippen molar-refractivity contribution >= 4 is 22.8 Å². The quantitative estimate of drug-likeness (QED) is 0.577. The normalized spacial score (nSPS) is 10.4. The highest BCUT2D eigenvalue weighted by atomic mass is 15.1. The van der Waals surface area contributed by atoms with Crippen LogP contribution in [0, 0.1) is 6.92 Å². The maximum absolute atomic E-state index is 4.98. The Balaban J connectivity index is 2.06. The molecule has 0 unspecified atom stereocenters. The Hall–Kier alpha value is -3.07.